The fourth-order valence-corrected chi connectivity index (χ4v) is 4.46. The first kappa shape index (κ1) is 16.6. The molecule has 21 heavy (non-hydrogen) atoms. The maximum absolute atomic E-state index is 3.81. The lowest BCUT2D eigenvalue weighted by Gasteiger charge is -2.25. The Morgan fingerprint density at radius 3 is 3.00 bits per heavy atom. The second-order valence-electron chi connectivity index (χ2n) is 5.94. The molecule has 0 fully saturated rings. The highest BCUT2D eigenvalue weighted by Crippen LogP contribution is 2.42. The summed E-state index contributed by atoms with van der Waals surface area (Å²) >= 11 is 2.03. The molecule has 0 saturated heterocycles. The molecule has 0 spiro atoms. The fraction of sp³-hybridized carbons (Fsp3) is 0.579. The van der Waals surface area contributed by atoms with E-state index in [1.54, 1.807) is 5.56 Å². The van der Waals surface area contributed by atoms with Crippen molar-refractivity contribution in [3.05, 3.63) is 42.5 Å². The molecule has 1 aromatic rings. The van der Waals surface area contributed by atoms with E-state index < -0.39 is 0 Å². The molecule has 0 bridgehead atoms. The normalized spacial score (nSPS) is 18.4. The smallest absolute Gasteiger partial charge is 0.0144 e. The van der Waals surface area contributed by atoms with Gasteiger partial charge in [-0.05, 0) is 43.9 Å². The highest BCUT2D eigenvalue weighted by atomic mass is 32.2. The summed E-state index contributed by atoms with van der Waals surface area (Å²) in [4.78, 5) is 1.50. The summed E-state index contributed by atoms with van der Waals surface area (Å²) in [6.07, 6.45) is 9.67. The van der Waals surface area contributed by atoms with Crippen LogP contribution in [0.5, 0.6) is 0 Å². The summed E-state index contributed by atoms with van der Waals surface area (Å²) < 4.78 is 0. The van der Waals surface area contributed by atoms with Crippen molar-refractivity contribution in [3.8, 4) is 0 Å². The van der Waals surface area contributed by atoms with Crippen LogP contribution >= 0.6 is 11.8 Å². The van der Waals surface area contributed by atoms with E-state index in [4.69, 9.17) is 0 Å². The van der Waals surface area contributed by atoms with E-state index in [1.807, 2.05) is 17.8 Å². The van der Waals surface area contributed by atoms with Gasteiger partial charge in [-0.15, -0.1) is 18.3 Å². The Morgan fingerprint density at radius 2 is 2.19 bits per heavy atom. The van der Waals surface area contributed by atoms with Crippen molar-refractivity contribution in [2.45, 2.75) is 62.3 Å². The van der Waals surface area contributed by atoms with Crippen LogP contribution in [0, 0.1) is 0 Å². The van der Waals surface area contributed by atoms with E-state index in [2.05, 4.69) is 43.1 Å². The van der Waals surface area contributed by atoms with Crippen molar-refractivity contribution in [2.24, 2.45) is 0 Å². The molecule has 1 aliphatic rings. The molecule has 2 unspecified atom stereocenters. The van der Waals surface area contributed by atoms with Crippen molar-refractivity contribution >= 4 is 11.8 Å². The second-order valence-corrected chi connectivity index (χ2v) is 7.00. The number of hydrogen-bond donors (Lipinski definition) is 1. The Hall–Kier alpha value is -0.730. The predicted molar refractivity (Wildman–Crippen MR) is 95.3 cm³/mol. The molecular weight excluding hydrogens is 274 g/mol. The lowest BCUT2D eigenvalue weighted by Crippen LogP contribution is -2.35. The maximum atomic E-state index is 3.81. The second kappa shape index (κ2) is 9.32. The highest BCUT2D eigenvalue weighted by molar-refractivity contribution is 7.99. The van der Waals surface area contributed by atoms with Gasteiger partial charge in [0, 0.05) is 22.6 Å². The standard InChI is InChI=1S/C19H29NS/c1-3-5-6-7-8-12-18(20-14-4-2)17-15-21-19-13-10-9-11-16(17)19/h3,9-11,13,17-18,20H,1,4-8,12,14-15H2,2H3. The molecule has 0 saturated carbocycles. The number of allylic oxidation sites excluding steroid dienone is 1. The van der Waals surface area contributed by atoms with Gasteiger partial charge in [0.2, 0.25) is 0 Å². The minimum atomic E-state index is 0.643. The molecule has 1 aromatic carbocycles. The first-order valence-corrected chi connectivity index (χ1v) is 9.41. The third-order valence-corrected chi connectivity index (χ3v) is 5.51. The van der Waals surface area contributed by atoms with E-state index in [9.17, 15) is 0 Å². The Balaban J connectivity index is 1.91. The predicted octanol–water partition coefficient (Wildman–Crippen LogP) is 5.38. The Labute approximate surface area is 134 Å². The third kappa shape index (κ3) is 4.89. The van der Waals surface area contributed by atoms with Crippen LogP contribution in [0.3, 0.4) is 0 Å². The third-order valence-electron chi connectivity index (χ3n) is 4.30. The molecule has 0 radical (unpaired) electrons. The Bertz CT molecular complexity index is 429. The molecule has 116 valence electrons. The van der Waals surface area contributed by atoms with Gasteiger partial charge in [-0.2, -0.15) is 0 Å². The Kier molecular flexibility index (Phi) is 7.38. The van der Waals surface area contributed by atoms with E-state index in [0.717, 1.165) is 13.0 Å². The largest absolute Gasteiger partial charge is 0.313 e. The SMILES string of the molecule is C=CCCCCCC(NCCC)C1CSc2ccccc21. The van der Waals surface area contributed by atoms with Gasteiger partial charge in [-0.1, -0.05) is 44.0 Å². The quantitative estimate of drug-likeness (QED) is 0.460. The minimum absolute atomic E-state index is 0.643. The van der Waals surface area contributed by atoms with E-state index >= 15 is 0 Å². The average molecular weight is 304 g/mol. The van der Waals surface area contributed by atoms with Gasteiger partial charge in [-0.25, -0.2) is 0 Å². The number of unbranched alkanes of at least 4 members (excludes halogenated alkanes) is 3. The van der Waals surface area contributed by atoms with Gasteiger partial charge in [0.25, 0.3) is 0 Å². The molecule has 1 N–H and O–H groups in total. The number of rotatable bonds is 10. The van der Waals surface area contributed by atoms with Gasteiger partial charge in [0.15, 0.2) is 0 Å². The molecule has 1 aliphatic heterocycles. The minimum Gasteiger partial charge on any atom is -0.313 e. The topological polar surface area (TPSA) is 12.0 Å². The van der Waals surface area contributed by atoms with Crippen LogP contribution in [0.2, 0.25) is 0 Å². The van der Waals surface area contributed by atoms with Gasteiger partial charge >= 0.3 is 0 Å². The van der Waals surface area contributed by atoms with Gasteiger partial charge in [0.05, 0.1) is 0 Å². The molecule has 1 heterocycles. The summed E-state index contributed by atoms with van der Waals surface area (Å²) in [5.74, 6) is 1.94. The summed E-state index contributed by atoms with van der Waals surface area (Å²) in [6, 6.07) is 9.61. The van der Waals surface area contributed by atoms with Crippen molar-refractivity contribution < 1.29 is 0 Å². The molecule has 2 heteroatoms. The van der Waals surface area contributed by atoms with Crippen LogP contribution in [-0.4, -0.2) is 18.3 Å². The van der Waals surface area contributed by atoms with Crippen molar-refractivity contribution in [1.29, 1.82) is 0 Å². The maximum Gasteiger partial charge on any atom is 0.0144 e. The molecule has 0 aliphatic carbocycles. The summed E-state index contributed by atoms with van der Waals surface area (Å²) in [5, 5.41) is 3.81. The van der Waals surface area contributed by atoms with Crippen LogP contribution in [0.4, 0.5) is 0 Å². The van der Waals surface area contributed by atoms with E-state index in [1.165, 1.54) is 42.8 Å². The first-order valence-electron chi connectivity index (χ1n) is 8.42. The monoisotopic (exact) mass is 303 g/mol. The summed E-state index contributed by atoms with van der Waals surface area (Å²) in [6.45, 7) is 7.20. The number of hydrogen-bond acceptors (Lipinski definition) is 2. The number of nitrogens with one attached hydrogen (secondary N) is 1. The van der Waals surface area contributed by atoms with Crippen molar-refractivity contribution in [3.63, 3.8) is 0 Å². The van der Waals surface area contributed by atoms with E-state index in [0.29, 0.717) is 12.0 Å². The average Bonchev–Trinajstić information content (AvgIpc) is 2.94. The van der Waals surface area contributed by atoms with Crippen LogP contribution in [0.15, 0.2) is 41.8 Å². The van der Waals surface area contributed by atoms with E-state index in [-0.39, 0.29) is 0 Å². The van der Waals surface area contributed by atoms with Crippen LogP contribution in [0.1, 0.15) is 56.9 Å². The summed E-state index contributed by atoms with van der Waals surface area (Å²) in [7, 11) is 0. The fourth-order valence-electron chi connectivity index (χ4n) is 3.13. The van der Waals surface area contributed by atoms with Crippen molar-refractivity contribution in [1.82, 2.24) is 5.32 Å². The number of fused-ring (bicyclic) bond motifs is 1. The van der Waals surface area contributed by atoms with Gasteiger partial charge in [-0.3, -0.25) is 0 Å². The van der Waals surface area contributed by atoms with Gasteiger partial charge in [0.1, 0.15) is 0 Å². The molecule has 1 nitrogen and oxygen atoms in total. The van der Waals surface area contributed by atoms with Crippen LogP contribution in [-0.2, 0) is 0 Å². The lowest BCUT2D eigenvalue weighted by atomic mass is 9.89. The zero-order valence-corrected chi connectivity index (χ0v) is 14.1. The zero-order chi connectivity index (χ0) is 14.9. The van der Waals surface area contributed by atoms with Crippen LogP contribution < -0.4 is 5.32 Å². The Morgan fingerprint density at radius 1 is 1.33 bits per heavy atom. The lowest BCUT2D eigenvalue weighted by molar-refractivity contribution is 0.411. The van der Waals surface area contributed by atoms with Crippen LogP contribution in [0.25, 0.3) is 0 Å². The van der Waals surface area contributed by atoms with Gasteiger partial charge < -0.3 is 5.32 Å². The number of benzene rings is 1. The molecule has 2 atom stereocenters. The summed E-state index contributed by atoms with van der Waals surface area (Å²) in [5.41, 5.74) is 1.57. The first-order chi connectivity index (χ1) is 10.4. The molecular formula is C19H29NS. The molecule has 0 amide bonds. The molecule has 0 aromatic heterocycles. The molecule has 2 rings (SSSR count). The zero-order valence-electron chi connectivity index (χ0n) is 13.3. The number of thioether (sulfide) groups is 1. The van der Waals surface area contributed by atoms with Crippen molar-refractivity contribution in [2.75, 3.05) is 12.3 Å². The highest BCUT2D eigenvalue weighted by Gasteiger charge is 2.29.